The molecule has 0 aliphatic carbocycles. The van der Waals surface area contributed by atoms with Crippen LogP contribution in [0, 0.1) is 0 Å². The highest BCUT2D eigenvalue weighted by molar-refractivity contribution is 7.89. The van der Waals surface area contributed by atoms with E-state index in [9.17, 15) is 18.0 Å². The summed E-state index contributed by atoms with van der Waals surface area (Å²) in [6.45, 7) is 6.85. The van der Waals surface area contributed by atoms with Gasteiger partial charge < -0.3 is 15.4 Å². The highest BCUT2D eigenvalue weighted by Crippen LogP contribution is 2.32. The van der Waals surface area contributed by atoms with E-state index in [1.807, 2.05) is 0 Å². The molecule has 0 fully saturated rings. The minimum atomic E-state index is -3.76. The summed E-state index contributed by atoms with van der Waals surface area (Å²) in [6.07, 6.45) is -0.589. The fourth-order valence-electron chi connectivity index (χ4n) is 2.76. The van der Waals surface area contributed by atoms with Crippen molar-refractivity contribution in [2.45, 2.75) is 44.2 Å². The van der Waals surface area contributed by atoms with Crippen LogP contribution in [0.3, 0.4) is 0 Å². The lowest BCUT2D eigenvalue weighted by Gasteiger charge is -2.23. The quantitative estimate of drug-likeness (QED) is 0.708. The predicted octanol–water partition coefficient (Wildman–Crippen LogP) is 2.74. The monoisotopic (exact) mass is 417 g/mol. The van der Waals surface area contributed by atoms with Crippen LogP contribution in [0.2, 0.25) is 0 Å². The highest BCUT2D eigenvalue weighted by atomic mass is 32.2. The molecule has 0 aromatic heterocycles. The van der Waals surface area contributed by atoms with E-state index in [4.69, 9.17) is 4.74 Å². The predicted molar refractivity (Wildman–Crippen MR) is 110 cm³/mol. The second-order valence-electron chi connectivity index (χ2n) is 7.80. The lowest BCUT2D eigenvalue weighted by atomic mass is 10.1. The number of amides is 2. The molecule has 0 unspecified atom stereocenters. The Bertz CT molecular complexity index is 1070. The maximum atomic E-state index is 12.6. The van der Waals surface area contributed by atoms with Gasteiger partial charge in [-0.2, -0.15) is 0 Å². The highest BCUT2D eigenvalue weighted by Gasteiger charge is 2.25. The normalized spacial score (nSPS) is 16.4. The van der Waals surface area contributed by atoms with Crippen LogP contribution in [-0.2, 0) is 14.8 Å². The first-order valence-corrected chi connectivity index (χ1v) is 10.5. The molecule has 29 heavy (non-hydrogen) atoms. The topological polar surface area (TPSA) is 114 Å². The summed E-state index contributed by atoms with van der Waals surface area (Å²) in [6, 6.07) is 10.6. The largest absolute Gasteiger partial charge is 0.479 e. The van der Waals surface area contributed by atoms with Gasteiger partial charge in [0.2, 0.25) is 10.0 Å². The van der Waals surface area contributed by atoms with Crippen LogP contribution in [0.25, 0.3) is 0 Å². The lowest BCUT2D eigenvalue weighted by Crippen LogP contribution is -2.40. The van der Waals surface area contributed by atoms with Gasteiger partial charge in [-0.25, -0.2) is 13.1 Å². The Balaban J connectivity index is 1.80. The molecule has 0 radical (unpaired) electrons. The van der Waals surface area contributed by atoms with Gasteiger partial charge in [-0.15, -0.1) is 0 Å². The minimum absolute atomic E-state index is 0.000155. The second kappa shape index (κ2) is 7.49. The molecule has 2 amide bonds. The van der Waals surface area contributed by atoms with E-state index in [1.54, 1.807) is 45.9 Å². The van der Waals surface area contributed by atoms with Crippen molar-refractivity contribution in [3.8, 4) is 5.75 Å². The Kier molecular flexibility index (Phi) is 5.38. The molecule has 8 nitrogen and oxygen atoms in total. The van der Waals surface area contributed by atoms with Crippen molar-refractivity contribution in [3.05, 3.63) is 48.0 Å². The molecule has 1 heterocycles. The Morgan fingerprint density at radius 3 is 2.55 bits per heavy atom. The summed E-state index contributed by atoms with van der Waals surface area (Å²) < 4.78 is 33.0. The summed E-state index contributed by atoms with van der Waals surface area (Å²) in [5.41, 5.74) is 0.433. The molecule has 1 atom stereocenters. The van der Waals surface area contributed by atoms with Crippen molar-refractivity contribution in [3.63, 3.8) is 0 Å². The number of carbonyl (C=O) groups excluding carboxylic acids is 2. The number of benzene rings is 2. The van der Waals surface area contributed by atoms with Crippen LogP contribution in [0.1, 0.15) is 38.1 Å². The van der Waals surface area contributed by atoms with Crippen molar-refractivity contribution in [1.29, 1.82) is 0 Å². The van der Waals surface area contributed by atoms with Crippen molar-refractivity contribution in [2.24, 2.45) is 0 Å². The average molecular weight is 417 g/mol. The molecule has 1 aliphatic heterocycles. The SMILES string of the molecule is C[C@H]1Oc2ccc(NC(=O)c3cccc(S(=O)(=O)NC(C)(C)C)c3)cc2NC1=O. The number of fused-ring (bicyclic) bond motifs is 1. The number of anilines is 2. The van der Waals surface area contributed by atoms with Crippen LogP contribution in [0.15, 0.2) is 47.4 Å². The molecular weight excluding hydrogens is 394 g/mol. The molecular formula is C20H23N3O5S. The van der Waals surface area contributed by atoms with E-state index >= 15 is 0 Å². The Hall–Kier alpha value is -2.91. The summed E-state index contributed by atoms with van der Waals surface area (Å²) in [4.78, 5) is 24.4. The third kappa shape index (κ3) is 4.93. The van der Waals surface area contributed by atoms with Crippen molar-refractivity contribution in [1.82, 2.24) is 4.72 Å². The molecule has 0 saturated heterocycles. The number of sulfonamides is 1. The molecule has 0 bridgehead atoms. The molecule has 154 valence electrons. The number of rotatable bonds is 4. The van der Waals surface area contributed by atoms with Gasteiger partial charge in [-0.3, -0.25) is 9.59 Å². The average Bonchev–Trinajstić information content (AvgIpc) is 2.61. The zero-order valence-corrected chi connectivity index (χ0v) is 17.4. The molecule has 9 heteroatoms. The first kappa shape index (κ1) is 20.8. The van der Waals surface area contributed by atoms with Crippen LogP contribution >= 0.6 is 0 Å². The third-order valence-electron chi connectivity index (χ3n) is 4.02. The number of nitrogens with one attached hydrogen (secondary N) is 3. The summed E-state index contributed by atoms with van der Waals surface area (Å²) >= 11 is 0. The van der Waals surface area contributed by atoms with E-state index in [0.717, 1.165) is 0 Å². The van der Waals surface area contributed by atoms with Gasteiger partial charge in [0, 0.05) is 16.8 Å². The van der Waals surface area contributed by atoms with Crippen LogP contribution in [0.4, 0.5) is 11.4 Å². The summed E-state index contributed by atoms with van der Waals surface area (Å²) in [5.74, 6) is -0.240. The molecule has 1 aliphatic rings. The van der Waals surface area contributed by atoms with Gasteiger partial charge in [0.05, 0.1) is 10.6 Å². The van der Waals surface area contributed by atoms with Gasteiger partial charge in [0.15, 0.2) is 6.10 Å². The van der Waals surface area contributed by atoms with Gasteiger partial charge in [0.25, 0.3) is 11.8 Å². The molecule has 3 rings (SSSR count). The maximum Gasteiger partial charge on any atom is 0.265 e. The molecule has 2 aromatic rings. The first-order valence-electron chi connectivity index (χ1n) is 9.02. The zero-order chi connectivity index (χ0) is 21.4. The Labute approximate surface area is 169 Å². The number of hydrogen-bond acceptors (Lipinski definition) is 5. The number of ether oxygens (including phenoxy) is 1. The first-order chi connectivity index (χ1) is 13.4. The lowest BCUT2D eigenvalue weighted by molar-refractivity contribution is -0.122. The van der Waals surface area contributed by atoms with Crippen LogP contribution < -0.4 is 20.1 Å². The third-order valence-corrected chi connectivity index (χ3v) is 5.77. The number of hydrogen-bond donors (Lipinski definition) is 3. The van der Waals surface area contributed by atoms with Crippen molar-refractivity contribution < 1.29 is 22.7 Å². The van der Waals surface area contributed by atoms with Gasteiger partial charge in [0.1, 0.15) is 5.75 Å². The smallest absolute Gasteiger partial charge is 0.265 e. The minimum Gasteiger partial charge on any atom is -0.479 e. The molecule has 3 N–H and O–H groups in total. The Morgan fingerprint density at radius 1 is 1.14 bits per heavy atom. The van der Waals surface area contributed by atoms with Gasteiger partial charge in [-0.1, -0.05) is 6.07 Å². The maximum absolute atomic E-state index is 12.6. The van der Waals surface area contributed by atoms with E-state index < -0.39 is 27.6 Å². The molecule has 0 spiro atoms. The second-order valence-corrected chi connectivity index (χ2v) is 9.48. The zero-order valence-electron chi connectivity index (χ0n) is 16.6. The van der Waals surface area contributed by atoms with E-state index in [-0.39, 0.29) is 16.4 Å². The van der Waals surface area contributed by atoms with Crippen molar-refractivity contribution >= 4 is 33.2 Å². The molecule has 2 aromatic carbocycles. The fraction of sp³-hybridized carbons (Fsp3) is 0.300. The Morgan fingerprint density at radius 2 is 1.86 bits per heavy atom. The number of carbonyl (C=O) groups is 2. The summed E-state index contributed by atoms with van der Waals surface area (Å²) in [5, 5.41) is 5.41. The van der Waals surface area contributed by atoms with Crippen LogP contribution in [0.5, 0.6) is 5.75 Å². The van der Waals surface area contributed by atoms with Gasteiger partial charge >= 0.3 is 0 Å². The van der Waals surface area contributed by atoms with E-state index in [0.29, 0.717) is 17.1 Å². The van der Waals surface area contributed by atoms with E-state index in [1.165, 1.54) is 24.3 Å². The van der Waals surface area contributed by atoms with Gasteiger partial charge in [-0.05, 0) is 64.1 Å². The van der Waals surface area contributed by atoms with Crippen molar-refractivity contribution in [2.75, 3.05) is 10.6 Å². The van der Waals surface area contributed by atoms with E-state index in [2.05, 4.69) is 15.4 Å². The summed E-state index contributed by atoms with van der Waals surface area (Å²) in [7, 11) is -3.76. The standard InChI is InChI=1S/C20H23N3O5S/c1-12-18(24)22-16-11-14(8-9-17(16)28-12)21-19(25)13-6-5-7-15(10-13)29(26,27)23-20(2,3)4/h5-12,23H,1-4H3,(H,21,25)(H,22,24)/t12-/m1/s1. The molecule has 0 saturated carbocycles. The van der Waals surface area contributed by atoms with Crippen LogP contribution in [-0.4, -0.2) is 31.9 Å². The fourth-order valence-corrected chi connectivity index (χ4v) is 4.22.